The number of amides is 1. The fourth-order valence-corrected chi connectivity index (χ4v) is 5.96. The first kappa shape index (κ1) is 30.4. The van der Waals surface area contributed by atoms with Crippen molar-refractivity contribution in [1.82, 2.24) is 45.3 Å². The summed E-state index contributed by atoms with van der Waals surface area (Å²) in [5.41, 5.74) is 7.19. The predicted octanol–water partition coefficient (Wildman–Crippen LogP) is 5.07. The molecule has 0 radical (unpaired) electrons. The second-order valence-electron chi connectivity index (χ2n) is 12.2. The van der Waals surface area contributed by atoms with Crippen molar-refractivity contribution < 1.29 is 9.18 Å². The minimum Gasteiger partial charge on any atom is -0.384 e. The Balaban J connectivity index is 1.16. The van der Waals surface area contributed by atoms with Crippen LogP contribution in [0.3, 0.4) is 0 Å². The average Bonchev–Trinajstić information content (AvgIpc) is 3.69. The molecule has 12 nitrogen and oxygen atoms in total. The van der Waals surface area contributed by atoms with Gasteiger partial charge in [0.05, 0.1) is 23.1 Å². The van der Waals surface area contributed by atoms with Crippen LogP contribution < -0.4 is 16.0 Å². The van der Waals surface area contributed by atoms with E-state index in [2.05, 4.69) is 46.0 Å². The van der Waals surface area contributed by atoms with E-state index in [4.69, 9.17) is 9.97 Å². The monoisotopic (exact) mass is 633 g/mol. The molecule has 1 amide bonds. The fourth-order valence-electron chi connectivity index (χ4n) is 5.96. The number of aromatic amines is 2. The number of hydrogen-bond donors (Lipinski definition) is 5. The van der Waals surface area contributed by atoms with Gasteiger partial charge in [0.1, 0.15) is 16.9 Å². The van der Waals surface area contributed by atoms with Gasteiger partial charge >= 0.3 is 0 Å². The molecule has 1 aliphatic heterocycles. The van der Waals surface area contributed by atoms with Gasteiger partial charge in [-0.25, -0.2) is 19.3 Å². The largest absolute Gasteiger partial charge is 0.384 e. The molecule has 0 bridgehead atoms. The maximum atomic E-state index is 14.7. The molecule has 1 saturated heterocycles. The van der Waals surface area contributed by atoms with E-state index in [1.165, 1.54) is 12.1 Å². The van der Waals surface area contributed by atoms with Crippen molar-refractivity contribution >= 4 is 39.5 Å². The molecule has 0 atom stereocenters. The van der Waals surface area contributed by atoms with E-state index in [0.717, 1.165) is 49.1 Å². The number of hydrogen-bond acceptors (Lipinski definition) is 9. The zero-order valence-electron chi connectivity index (χ0n) is 26.3. The van der Waals surface area contributed by atoms with E-state index in [0.29, 0.717) is 69.7 Å². The van der Waals surface area contributed by atoms with Crippen LogP contribution in [0.15, 0.2) is 61.1 Å². The molecule has 0 aliphatic carbocycles. The molecule has 0 spiro atoms. The topological polar surface area (TPSA) is 152 Å². The van der Waals surface area contributed by atoms with Gasteiger partial charge in [0.2, 0.25) is 5.91 Å². The van der Waals surface area contributed by atoms with Gasteiger partial charge in [-0.1, -0.05) is 0 Å². The summed E-state index contributed by atoms with van der Waals surface area (Å²) in [5, 5.41) is 17.2. The lowest BCUT2D eigenvalue weighted by atomic mass is 9.94. The van der Waals surface area contributed by atoms with Gasteiger partial charge in [-0.3, -0.25) is 14.9 Å². The zero-order chi connectivity index (χ0) is 32.3. The highest BCUT2D eigenvalue weighted by Crippen LogP contribution is 2.33. The fraction of sp³-hybridized carbons (Fsp3) is 0.294. The summed E-state index contributed by atoms with van der Waals surface area (Å²) < 4.78 is 14.7. The van der Waals surface area contributed by atoms with Gasteiger partial charge in [0.15, 0.2) is 17.2 Å². The smallest absolute Gasteiger partial charge is 0.224 e. The van der Waals surface area contributed by atoms with E-state index >= 15 is 0 Å². The van der Waals surface area contributed by atoms with Gasteiger partial charge in [-0.05, 0) is 94.0 Å². The lowest BCUT2D eigenvalue weighted by molar-refractivity contribution is -0.117. The molecule has 6 aromatic rings. The molecule has 5 N–H and O–H groups in total. The summed E-state index contributed by atoms with van der Waals surface area (Å²) in [6.45, 7) is 3.41. The Morgan fingerprint density at radius 2 is 1.85 bits per heavy atom. The number of pyridine rings is 3. The quantitative estimate of drug-likeness (QED) is 0.139. The Hall–Kier alpha value is -5.27. The van der Waals surface area contributed by atoms with E-state index in [9.17, 15) is 9.18 Å². The number of anilines is 2. The highest BCUT2D eigenvalue weighted by atomic mass is 19.1. The first-order chi connectivity index (χ1) is 22.9. The molecule has 1 fully saturated rings. The number of carbonyl (C=O) groups is 1. The second-order valence-corrected chi connectivity index (χ2v) is 12.2. The number of rotatable bonds is 10. The van der Waals surface area contributed by atoms with Crippen LogP contribution in [-0.2, 0) is 4.79 Å². The van der Waals surface area contributed by atoms with Crippen molar-refractivity contribution in [1.29, 1.82) is 0 Å². The number of imidazole rings is 1. The highest BCUT2D eigenvalue weighted by molar-refractivity contribution is 5.95. The SMILES string of the molecule is CN(C)CCNc1cc(F)cc(-c2ccnc3[nH]c(-c4n[nH]c5ccc(-c6cncc(NC(=O)CC7CCNCC7)c6)nc45)nc23)c1. The molecule has 1 aliphatic rings. The van der Waals surface area contributed by atoms with Crippen molar-refractivity contribution in [2.45, 2.75) is 19.3 Å². The summed E-state index contributed by atoms with van der Waals surface area (Å²) in [5.74, 6) is 0.519. The minimum atomic E-state index is -0.342. The molecular weight excluding hydrogens is 597 g/mol. The normalized spacial score (nSPS) is 13.9. The standard InChI is InChI=1S/C34H36FN11O/c1-46(2)12-11-38-24-15-21(14-23(35)17-24)26-7-10-39-33-30(26)42-34(43-33)32-31-28(44-45-32)4-3-27(41-31)22-16-25(19-37-18-22)40-29(47)13-20-5-8-36-9-6-20/h3-4,7,10,14-20,36,38H,5-6,8-9,11-13H2,1-2H3,(H,40,47)(H,44,45)(H,39,42,43). The van der Waals surface area contributed by atoms with Crippen molar-refractivity contribution in [3.63, 3.8) is 0 Å². The predicted molar refractivity (Wildman–Crippen MR) is 181 cm³/mol. The third-order valence-electron chi connectivity index (χ3n) is 8.36. The molecule has 7 rings (SSSR count). The van der Waals surface area contributed by atoms with Crippen LogP contribution in [0.4, 0.5) is 15.8 Å². The molecular formula is C34H36FN11O. The van der Waals surface area contributed by atoms with Crippen LogP contribution in [-0.4, -0.2) is 86.2 Å². The third kappa shape index (κ3) is 6.81. The van der Waals surface area contributed by atoms with Gasteiger partial charge in [0.25, 0.3) is 0 Å². The summed E-state index contributed by atoms with van der Waals surface area (Å²) in [4.78, 5) is 36.7. The van der Waals surface area contributed by atoms with Crippen molar-refractivity contribution in [3.8, 4) is 33.9 Å². The van der Waals surface area contributed by atoms with E-state index in [1.807, 2.05) is 44.4 Å². The Morgan fingerprint density at radius 3 is 2.70 bits per heavy atom. The molecule has 0 unspecified atom stereocenters. The lowest BCUT2D eigenvalue weighted by Crippen LogP contribution is -2.30. The van der Waals surface area contributed by atoms with Gasteiger partial charge in [0, 0.05) is 48.7 Å². The summed E-state index contributed by atoms with van der Waals surface area (Å²) in [7, 11) is 3.99. The Labute approximate surface area is 270 Å². The maximum Gasteiger partial charge on any atom is 0.224 e. The number of piperidine rings is 1. The first-order valence-electron chi connectivity index (χ1n) is 15.8. The number of nitrogens with zero attached hydrogens (tertiary/aromatic N) is 6. The second kappa shape index (κ2) is 13.2. The summed E-state index contributed by atoms with van der Waals surface area (Å²) in [6.07, 6.45) is 7.55. The number of likely N-dealkylation sites (N-methyl/N-ethyl adjacent to an activating group) is 1. The molecule has 1 aromatic carbocycles. The number of aromatic nitrogens is 7. The number of halogens is 1. The van der Waals surface area contributed by atoms with Crippen LogP contribution in [0.5, 0.6) is 0 Å². The highest BCUT2D eigenvalue weighted by Gasteiger charge is 2.19. The summed E-state index contributed by atoms with van der Waals surface area (Å²) in [6, 6.07) is 12.4. The van der Waals surface area contributed by atoms with Gasteiger partial charge in [-0.2, -0.15) is 5.10 Å². The van der Waals surface area contributed by atoms with Crippen LogP contribution in [0.1, 0.15) is 19.3 Å². The molecule has 6 heterocycles. The number of nitrogens with one attached hydrogen (secondary N) is 5. The van der Waals surface area contributed by atoms with Crippen LogP contribution in [0, 0.1) is 11.7 Å². The van der Waals surface area contributed by atoms with Crippen LogP contribution >= 0.6 is 0 Å². The number of H-pyrrole nitrogens is 2. The first-order valence-corrected chi connectivity index (χ1v) is 15.8. The van der Waals surface area contributed by atoms with Crippen molar-refractivity contribution in [3.05, 3.63) is 66.9 Å². The number of fused-ring (bicyclic) bond motifs is 2. The van der Waals surface area contributed by atoms with Crippen molar-refractivity contribution in [2.24, 2.45) is 5.92 Å². The number of carbonyl (C=O) groups excluding carboxylic acids is 1. The maximum absolute atomic E-state index is 14.7. The van der Waals surface area contributed by atoms with Gasteiger partial charge < -0.3 is 25.8 Å². The Morgan fingerprint density at radius 1 is 1.00 bits per heavy atom. The molecule has 13 heteroatoms. The van der Waals surface area contributed by atoms with Crippen LogP contribution in [0.25, 0.3) is 56.1 Å². The van der Waals surface area contributed by atoms with Gasteiger partial charge in [-0.15, -0.1) is 0 Å². The number of benzene rings is 1. The van der Waals surface area contributed by atoms with Crippen molar-refractivity contribution in [2.75, 3.05) is 50.9 Å². The lowest BCUT2D eigenvalue weighted by Gasteiger charge is -2.21. The van der Waals surface area contributed by atoms with E-state index in [-0.39, 0.29) is 11.7 Å². The van der Waals surface area contributed by atoms with Crippen LogP contribution in [0.2, 0.25) is 0 Å². The summed E-state index contributed by atoms with van der Waals surface area (Å²) >= 11 is 0. The third-order valence-corrected chi connectivity index (χ3v) is 8.36. The molecule has 5 aromatic heterocycles. The zero-order valence-corrected chi connectivity index (χ0v) is 26.3. The molecule has 47 heavy (non-hydrogen) atoms. The Bertz CT molecular complexity index is 2050. The Kier molecular flexibility index (Phi) is 8.55. The van der Waals surface area contributed by atoms with E-state index in [1.54, 1.807) is 18.6 Å². The average molecular weight is 634 g/mol. The molecule has 240 valence electrons. The minimum absolute atomic E-state index is 0.00991. The molecule has 0 saturated carbocycles. The van der Waals surface area contributed by atoms with E-state index < -0.39 is 0 Å².